The molecule has 0 saturated carbocycles. The smallest absolute Gasteiger partial charge is 0.203 e. The molecule has 0 saturated heterocycles. The van der Waals surface area contributed by atoms with Crippen LogP contribution in [0.5, 0.6) is 17.2 Å². The first kappa shape index (κ1) is 16.6. The Kier molecular flexibility index (Phi) is 6.07. The van der Waals surface area contributed by atoms with Crippen LogP contribution in [-0.2, 0) is 0 Å². The maximum Gasteiger partial charge on any atom is 0.203 e. The summed E-state index contributed by atoms with van der Waals surface area (Å²) in [5.41, 5.74) is 5.56. The molecule has 0 atom stereocenters. The Balaban J connectivity index is 2.60. The molecule has 1 aromatic carbocycles. The van der Waals surface area contributed by atoms with Gasteiger partial charge in [-0.25, -0.2) is 0 Å². The van der Waals surface area contributed by atoms with Crippen LogP contribution in [0.1, 0.15) is 26.7 Å². The number of hydrogen-bond acceptors (Lipinski definition) is 4. The van der Waals surface area contributed by atoms with Crippen molar-refractivity contribution >= 4 is 17.2 Å². The van der Waals surface area contributed by atoms with E-state index in [-0.39, 0.29) is 5.41 Å². The molecule has 0 bridgehead atoms. The topological polar surface area (TPSA) is 53.7 Å². The zero-order valence-corrected chi connectivity index (χ0v) is 13.4. The van der Waals surface area contributed by atoms with Gasteiger partial charge in [-0.2, -0.15) is 0 Å². The monoisotopic (exact) mass is 297 g/mol. The number of thiocarbonyl (C=S) groups is 1. The summed E-state index contributed by atoms with van der Waals surface area (Å²) in [7, 11) is 3.22. The molecule has 0 heterocycles. The van der Waals surface area contributed by atoms with Crippen LogP contribution in [0.25, 0.3) is 0 Å². The van der Waals surface area contributed by atoms with E-state index < -0.39 is 0 Å². The molecule has 0 aliphatic heterocycles. The van der Waals surface area contributed by atoms with Crippen LogP contribution in [0.3, 0.4) is 0 Å². The molecule has 2 N–H and O–H groups in total. The van der Waals surface area contributed by atoms with Gasteiger partial charge in [0.25, 0.3) is 0 Å². The second-order valence-electron chi connectivity index (χ2n) is 5.19. The van der Waals surface area contributed by atoms with Gasteiger partial charge in [0.05, 0.1) is 25.8 Å². The van der Waals surface area contributed by atoms with Gasteiger partial charge in [-0.1, -0.05) is 32.1 Å². The molecular weight excluding hydrogens is 274 g/mol. The Morgan fingerprint density at radius 1 is 1.20 bits per heavy atom. The minimum atomic E-state index is -0.149. The lowest BCUT2D eigenvalue weighted by Crippen LogP contribution is -2.30. The first-order chi connectivity index (χ1) is 9.42. The van der Waals surface area contributed by atoms with Crippen LogP contribution in [0.15, 0.2) is 18.2 Å². The molecular formula is C15H23NO3S. The van der Waals surface area contributed by atoms with E-state index in [9.17, 15) is 0 Å². The number of ether oxygens (including phenoxy) is 3. The summed E-state index contributed by atoms with van der Waals surface area (Å²) in [5, 5.41) is 0. The van der Waals surface area contributed by atoms with Crippen LogP contribution in [0, 0.1) is 5.41 Å². The van der Waals surface area contributed by atoms with Crippen LogP contribution >= 0.6 is 12.2 Å². The Bertz CT molecular complexity index is 438. The molecule has 0 radical (unpaired) electrons. The van der Waals surface area contributed by atoms with Gasteiger partial charge < -0.3 is 19.9 Å². The predicted molar refractivity (Wildman–Crippen MR) is 84.8 cm³/mol. The van der Waals surface area contributed by atoms with Gasteiger partial charge in [0.1, 0.15) is 0 Å². The van der Waals surface area contributed by atoms with Crippen molar-refractivity contribution in [3.63, 3.8) is 0 Å². The number of rotatable bonds is 8. The second-order valence-corrected chi connectivity index (χ2v) is 5.63. The van der Waals surface area contributed by atoms with E-state index in [2.05, 4.69) is 0 Å². The van der Waals surface area contributed by atoms with Crippen molar-refractivity contribution < 1.29 is 14.2 Å². The van der Waals surface area contributed by atoms with Crippen LogP contribution in [0.2, 0.25) is 0 Å². The molecule has 4 nitrogen and oxygen atoms in total. The van der Waals surface area contributed by atoms with Crippen LogP contribution < -0.4 is 19.9 Å². The lowest BCUT2D eigenvalue weighted by Gasteiger charge is -2.23. The largest absolute Gasteiger partial charge is 0.493 e. The minimum absolute atomic E-state index is 0.149. The van der Waals surface area contributed by atoms with E-state index in [0.29, 0.717) is 28.8 Å². The van der Waals surface area contributed by atoms with Gasteiger partial charge >= 0.3 is 0 Å². The summed E-state index contributed by atoms with van der Waals surface area (Å²) < 4.78 is 16.3. The first-order valence-electron chi connectivity index (χ1n) is 6.56. The Hall–Kier alpha value is -1.49. The maximum absolute atomic E-state index is 5.79. The molecule has 5 heteroatoms. The van der Waals surface area contributed by atoms with Crippen molar-refractivity contribution in [3.8, 4) is 17.2 Å². The number of para-hydroxylation sites is 1. The highest BCUT2D eigenvalue weighted by Gasteiger charge is 2.21. The van der Waals surface area contributed by atoms with Gasteiger partial charge in [0, 0.05) is 5.41 Å². The molecule has 20 heavy (non-hydrogen) atoms. The zero-order valence-electron chi connectivity index (χ0n) is 12.6. The van der Waals surface area contributed by atoms with Crippen molar-refractivity contribution in [2.45, 2.75) is 26.7 Å². The first-order valence-corrected chi connectivity index (χ1v) is 6.97. The molecule has 0 aromatic heterocycles. The molecule has 0 spiro atoms. The van der Waals surface area contributed by atoms with Gasteiger partial charge in [0.2, 0.25) is 5.75 Å². The van der Waals surface area contributed by atoms with Crippen molar-refractivity contribution in [2.24, 2.45) is 11.1 Å². The summed E-state index contributed by atoms with van der Waals surface area (Å²) in [4.78, 5) is 0.535. The van der Waals surface area contributed by atoms with E-state index in [0.717, 1.165) is 12.8 Å². The molecule has 112 valence electrons. The predicted octanol–water partition coefficient (Wildman–Crippen LogP) is 3.18. The molecule has 1 rings (SSSR count). The quantitative estimate of drug-likeness (QED) is 0.590. The minimum Gasteiger partial charge on any atom is -0.493 e. The lowest BCUT2D eigenvalue weighted by atomic mass is 9.88. The van der Waals surface area contributed by atoms with Gasteiger partial charge in [0.15, 0.2) is 11.5 Å². The summed E-state index contributed by atoms with van der Waals surface area (Å²) in [6.45, 7) is 4.64. The number of nitrogens with two attached hydrogens (primary N) is 1. The van der Waals surface area contributed by atoms with Crippen molar-refractivity contribution in [3.05, 3.63) is 18.2 Å². The van der Waals surface area contributed by atoms with Crippen molar-refractivity contribution in [1.29, 1.82) is 0 Å². The normalized spacial score (nSPS) is 11.0. The lowest BCUT2D eigenvalue weighted by molar-refractivity contribution is 0.258. The highest BCUT2D eigenvalue weighted by atomic mass is 32.1. The molecule has 0 amide bonds. The summed E-state index contributed by atoms with van der Waals surface area (Å²) in [6.07, 6.45) is 1.73. The number of hydrogen-bond donors (Lipinski definition) is 1. The second kappa shape index (κ2) is 7.33. The summed E-state index contributed by atoms with van der Waals surface area (Å²) >= 11 is 5.05. The zero-order chi connectivity index (χ0) is 15.2. The Labute approximate surface area is 126 Å². The SMILES string of the molecule is COc1cccc(OC)c1OCCCC(C)(C)C(N)=S. The van der Waals surface area contributed by atoms with E-state index in [1.165, 1.54) is 0 Å². The average Bonchev–Trinajstić information content (AvgIpc) is 2.43. The van der Waals surface area contributed by atoms with Gasteiger partial charge in [-0.05, 0) is 25.0 Å². The third-order valence-electron chi connectivity index (χ3n) is 3.24. The van der Waals surface area contributed by atoms with E-state index >= 15 is 0 Å². The molecule has 0 aliphatic rings. The van der Waals surface area contributed by atoms with Crippen LogP contribution in [-0.4, -0.2) is 25.8 Å². The Morgan fingerprint density at radius 2 is 1.75 bits per heavy atom. The molecule has 1 aromatic rings. The van der Waals surface area contributed by atoms with E-state index in [1.807, 2.05) is 32.0 Å². The number of methoxy groups -OCH3 is 2. The van der Waals surface area contributed by atoms with Gasteiger partial charge in [-0.15, -0.1) is 0 Å². The summed E-state index contributed by atoms with van der Waals surface area (Å²) in [6, 6.07) is 5.55. The third kappa shape index (κ3) is 4.27. The van der Waals surface area contributed by atoms with E-state index in [4.69, 9.17) is 32.2 Å². The van der Waals surface area contributed by atoms with Crippen LogP contribution in [0.4, 0.5) is 0 Å². The third-order valence-corrected chi connectivity index (χ3v) is 3.79. The molecule has 0 aliphatic carbocycles. The maximum atomic E-state index is 5.79. The highest BCUT2D eigenvalue weighted by Crippen LogP contribution is 2.37. The van der Waals surface area contributed by atoms with Gasteiger partial charge in [-0.3, -0.25) is 0 Å². The fourth-order valence-corrected chi connectivity index (χ4v) is 1.87. The standard InChI is InChI=1S/C15H23NO3S/c1-15(2,14(16)20)9-6-10-19-13-11(17-3)7-5-8-12(13)18-4/h5,7-8H,6,9-10H2,1-4H3,(H2,16,20). The van der Waals surface area contributed by atoms with E-state index in [1.54, 1.807) is 14.2 Å². The Morgan fingerprint density at radius 3 is 2.20 bits per heavy atom. The number of benzene rings is 1. The van der Waals surface area contributed by atoms with Crippen molar-refractivity contribution in [2.75, 3.05) is 20.8 Å². The fourth-order valence-electron chi connectivity index (χ4n) is 1.77. The van der Waals surface area contributed by atoms with Crippen molar-refractivity contribution in [1.82, 2.24) is 0 Å². The summed E-state index contributed by atoms with van der Waals surface area (Å²) in [5.74, 6) is 1.96. The highest BCUT2D eigenvalue weighted by molar-refractivity contribution is 7.80. The molecule has 0 fully saturated rings. The average molecular weight is 297 g/mol. The fraction of sp³-hybridized carbons (Fsp3) is 0.533. The molecule has 0 unspecified atom stereocenters.